The first-order valence-corrected chi connectivity index (χ1v) is 6.22. The molecule has 2 nitrogen and oxygen atoms in total. The third kappa shape index (κ3) is 3.72. The molecule has 5 heteroatoms. The van der Waals surface area contributed by atoms with Gasteiger partial charge in [0.2, 0.25) is 0 Å². The average molecular weight is 283 g/mol. The predicted octanol–water partition coefficient (Wildman–Crippen LogP) is 3.13. The summed E-state index contributed by atoms with van der Waals surface area (Å²) in [6, 6.07) is 4.99. The van der Waals surface area contributed by atoms with E-state index in [0.29, 0.717) is 23.4 Å². The zero-order chi connectivity index (χ0) is 13.8. The van der Waals surface area contributed by atoms with Crippen molar-refractivity contribution in [1.82, 2.24) is 4.98 Å². The highest BCUT2D eigenvalue weighted by Crippen LogP contribution is 2.17. The molecule has 0 saturated carbocycles. The Balaban J connectivity index is 2.05. The number of halogens is 3. The highest BCUT2D eigenvalue weighted by Gasteiger charge is 2.11. The van der Waals surface area contributed by atoms with E-state index in [4.69, 9.17) is 17.3 Å². The van der Waals surface area contributed by atoms with Gasteiger partial charge in [0.25, 0.3) is 0 Å². The van der Waals surface area contributed by atoms with Crippen LogP contribution in [0.3, 0.4) is 0 Å². The quantitative estimate of drug-likeness (QED) is 0.936. The van der Waals surface area contributed by atoms with Crippen LogP contribution in [-0.2, 0) is 12.8 Å². The molecule has 1 aromatic heterocycles. The summed E-state index contributed by atoms with van der Waals surface area (Å²) in [4.78, 5) is 3.89. The number of rotatable bonds is 4. The number of pyridine rings is 1. The topological polar surface area (TPSA) is 38.9 Å². The zero-order valence-electron chi connectivity index (χ0n) is 10.1. The maximum atomic E-state index is 13.5. The van der Waals surface area contributed by atoms with Gasteiger partial charge in [-0.05, 0) is 36.1 Å². The first kappa shape index (κ1) is 13.9. The van der Waals surface area contributed by atoms with Crippen molar-refractivity contribution in [2.24, 2.45) is 5.73 Å². The molecule has 2 N–H and O–H groups in total. The van der Waals surface area contributed by atoms with Crippen molar-refractivity contribution in [3.05, 3.63) is 64.4 Å². The summed E-state index contributed by atoms with van der Waals surface area (Å²) in [5.41, 5.74) is 7.24. The standard InChI is InChI=1S/C14H13ClF2N2/c15-13-8-19-4-3-9(13)5-12(18)6-10-1-2-11(16)7-14(10)17/h1-4,7-8,12H,5-6,18H2. The summed E-state index contributed by atoms with van der Waals surface area (Å²) >= 11 is 5.98. The van der Waals surface area contributed by atoms with Crippen molar-refractivity contribution < 1.29 is 8.78 Å². The zero-order valence-corrected chi connectivity index (χ0v) is 10.9. The lowest BCUT2D eigenvalue weighted by Crippen LogP contribution is -2.26. The van der Waals surface area contributed by atoms with Crippen LogP contribution >= 0.6 is 11.6 Å². The minimum atomic E-state index is -0.591. The molecule has 0 aliphatic heterocycles. The molecule has 0 radical (unpaired) electrons. The monoisotopic (exact) mass is 282 g/mol. The molecule has 0 amide bonds. The third-order valence-corrected chi connectivity index (χ3v) is 3.18. The summed E-state index contributed by atoms with van der Waals surface area (Å²) in [6.45, 7) is 0. The molecule has 1 atom stereocenters. The highest BCUT2D eigenvalue weighted by molar-refractivity contribution is 6.31. The second kappa shape index (κ2) is 6.08. The van der Waals surface area contributed by atoms with Gasteiger partial charge in [0.15, 0.2) is 0 Å². The SMILES string of the molecule is NC(Cc1ccc(F)cc1F)Cc1ccncc1Cl. The number of benzene rings is 1. The van der Waals surface area contributed by atoms with Crippen LogP contribution in [0.5, 0.6) is 0 Å². The Hall–Kier alpha value is -1.52. The Labute approximate surface area is 115 Å². The Morgan fingerprint density at radius 2 is 1.89 bits per heavy atom. The van der Waals surface area contributed by atoms with Crippen LogP contribution in [0.2, 0.25) is 5.02 Å². The van der Waals surface area contributed by atoms with E-state index >= 15 is 0 Å². The molecular formula is C14H13ClF2N2. The normalized spacial score (nSPS) is 12.4. The van der Waals surface area contributed by atoms with Crippen LogP contribution in [-0.4, -0.2) is 11.0 Å². The molecule has 0 bridgehead atoms. The predicted molar refractivity (Wildman–Crippen MR) is 71.0 cm³/mol. The van der Waals surface area contributed by atoms with E-state index in [1.165, 1.54) is 12.1 Å². The van der Waals surface area contributed by atoms with Crippen molar-refractivity contribution in [2.45, 2.75) is 18.9 Å². The molecule has 1 unspecified atom stereocenters. The van der Waals surface area contributed by atoms with Crippen LogP contribution in [0.15, 0.2) is 36.7 Å². The highest BCUT2D eigenvalue weighted by atomic mass is 35.5. The van der Waals surface area contributed by atoms with E-state index < -0.39 is 11.6 Å². The fourth-order valence-corrected chi connectivity index (χ4v) is 2.09. The lowest BCUT2D eigenvalue weighted by atomic mass is 10.00. The van der Waals surface area contributed by atoms with Crippen molar-refractivity contribution in [2.75, 3.05) is 0 Å². The van der Waals surface area contributed by atoms with Crippen molar-refractivity contribution in [1.29, 1.82) is 0 Å². The van der Waals surface area contributed by atoms with Gasteiger partial charge in [-0.15, -0.1) is 0 Å². The molecule has 0 saturated heterocycles. The number of aromatic nitrogens is 1. The average Bonchev–Trinajstić information content (AvgIpc) is 2.36. The van der Waals surface area contributed by atoms with E-state index in [1.807, 2.05) is 0 Å². The van der Waals surface area contributed by atoms with Gasteiger partial charge in [-0.25, -0.2) is 8.78 Å². The molecule has 19 heavy (non-hydrogen) atoms. The van der Waals surface area contributed by atoms with Gasteiger partial charge in [-0.2, -0.15) is 0 Å². The Bertz CT molecular complexity index is 575. The van der Waals surface area contributed by atoms with Crippen molar-refractivity contribution in [3.63, 3.8) is 0 Å². The maximum absolute atomic E-state index is 13.5. The van der Waals surface area contributed by atoms with E-state index in [0.717, 1.165) is 11.6 Å². The summed E-state index contributed by atoms with van der Waals surface area (Å²) in [6.07, 6.45) is 4.01. The van der Waals surface area contributed by atoms with Crippen molar-refractivity contribution >= 4 is 11.6 Å². The third-order valence-electron chi connectivity index (χ3n) is 2.84. The molecule has 1 heterocycles. The molecule has 0 fully saturated rings. The molecule has 100 valence electrons. The Morgan fingerprint density at radius 3 is 2.58 bits per heavy atom. The van der Waals surface area contributed by atoms with Crippen LogP contribution in [0.4, 0.5) is 8.78 Å². The van der Waals surface area contributed by atoms with Gasteiger partial charge in [0.05, 0.1) is 5.02 Å². The summed E-state index contributed by atoms with van der Waals surface area (Å²) < 4.78 is 26.3. The second-order valence-electron chi connectivity index (χ2n) is 4.37. The Morgan fingerprint density at radius 1 is 1.16 bits per heavy atom. The lowest BCUT2D eigenvalue weighted by Gasteiger charge is -2.13. The summed E-state index contributed by atoms with van der Waals surface area (Å²) in [5, 5.41) is 0.539. The van der Waals surface area contributed by atoms with Crippen LogP contribution in [0.25, 0.3) is 0 Å². The molecular weight excluding hydrogens is 270 g/mol. The number of nitrogens with two attached hydrogens (primary N) is 1. The summed E-state index contributed by atoms with van der Waals surface area (Å²) in [5.74, 6) is -1.16. The van der Waals surface area contributed by atoms with Gasteiger partial charge >= 0.3 is 0 Å². The second-order valence-corrected chi connectivity index (χ2v) is 4.78. The minimum absolute atomic E-state index is 0.292. The van der Waals surface area contributed by atoms with Gasteiger partial charge in [-0.1, -0.05) is 17.7 Å². The van der Waals surface area contributed by atoms with E-state index in [9.17, 15) is 8.78 Å². The Kier molecular flexibility index (Phi) is 4.45. The molecule has 2 aromatic rings. The first-order chi connectivity index (χ1) is 9.06. The minimum Gasteiger partial charge on any atom is -0.327 e. The van der Waals surface area contributed by atoms with Gasteiger partial charge in [0.1, 0.15) is 11.6 Å². The van der Waals surface area contributed by atoms with Crippen LogP contribution < -0.4 is 5.73 Å². The van der Waals surface area contributed by atoms with E-state index in [1.54, 1.807) is 18.5 Å². The largest absolute Gasteiger partial charge is 0.327 e. The van der Waals surface area contributed by atoms with Gasteiger partial charge < -0.3 is 5.73 Å². The molecule has 0 spiro atoms. The molecule has 2 rings (SSSR count). The maximum Gasteiger partial charge on any atom is 0.129 e. The van der Waals surface area contributed by atoms with Crippen molar-refractivity contribution in [3.8, 4) is 0 Å². The van der Waals surface area contributed by atoms with Gasteiger partial charge in [0, 0.05) is 24.5 Å². The number of nitrogens with zero attached hydrogens (tertiary/aromatic N) is 1. The lowest BCUT2D eigenvalue weighted by molar-refractivity contribution is 0.558. The first-order valence-electron chi connectivity index (χ1n) is 5.84. The molecule has 0 aliphatic rings. The number of hydrogen-bond acceptors (Lipinski definition) is 2. The van der Waals surface area contributed by atoms with E-state index in [-0.39, 0.29) is 6.04 Å². The smallest absolute Gasteiger partial charge is 0.129 e. The van der Waals surface area contributed by atoms with Crippen LogP contribution in [0, 0.1) is 11.6 Å². The fourth-order valence-electron chi connectivity index (χ4n) is 1.89. The molecule has 0 aliphatic carbocycles. The summed E-state index contributed by atoms with van der Waals surface area (Å²) in [7, 11) is 0. The molecule has 1 aromatic carbocycles. The van der Waals surface area contributed by atoms with E-state index in [2.05, 4.69) is 4.98 Å². The number of hydrogen-bond donors (Lipinski definition) is 1. The van der Waals surface area contributed by atoms with Crippen LogP contribution in [0.1, 0.15) is 11.1 Å². The fraction of sp³-hybridized carbons (Fsp3) is 0.214. The van der Waals surface area contributed by atoms with Gasteiger partial charge in [-0.3, -0.25) is 4.98 Å².